The highest BCUT2D eigenvalue weighted by Crippen LogP contribution is 2.34. The summed E-state index contributed by atoms with van der Waals surface area (Å²) >= 11 is 0. The Kier molecular flexibility index (Phi) is 2.44. The monoisotopic (exact) mass is 241 g/mol. The zero-order valence-corrected chi connectivity index (χ0v) is 10.4. The Balaban J connectivity index is 2.17. The van der Waals surface area contributed by atoms with Crippen LogP contribution in [0.2, 0.25) is 0 Å². The van der Waals surface area contributed by atoms with E-state index in [-0.39, 0.29) is 17.9 Å². The zero-order valence-electron chi connectivity index (χ0n) is 10.4. The number of carbonyl (C=O) groups is 1. The molecule has 1 aliphatic rings. The normalized spacial score (nSPS) is 18.4. The molecule has 1 aliphatic heterocycles. The second-order valence-electron chi connectivity index (χ2n) is 4.92. The number of amides is 1. The van der Waals surface area contributed by atoms with Crippen LogP contribution in [0, 0.1) is 5.92 Å². The standard InChI is InChI=1S/C14H15N3O/c1-8(2)12-14(18)16-11-7-15-10-6-4-3-5-9(10)13(11)17-12/h3-8,12,17H,1-2H3,(H,16,18). The number of nitrogens with one attached hydrogen (secondary N) is 2. The van der Waals surface area contributed by atoms with Crippen molar-refractivity contribution in [1.29, 1.82) is 0 Å². The van der Waals surface area contributed by atoms with Gasteiger partial charge in [0.05, 0.1) is 23.1 Å². The second kappa shape index (κ2) is 3.98. The minimum atomic E-state index is -0.191. The van der Waals surface area contributed by atoms with Crippen molar-refractivity contribution in [2.75, 3.05) is 10.6 Å². The first-order chi connectivity index (χ1) is 8.66. The van der Waals surface area contributed by atoms with Crippen LogP contribution >= 0.6 is 0 Å². The summed E-state index contributed by atoms with van der Waals surface area (Å²) in [4.78, 5) is 16.3. The van der Waals surface area contributed by atoms with Gasteiger partial charge in [0.1, 0.15) is 6.04 Å². The van der Waals surface area contributed by atoms with E-state index in [0.29, 0.717) is 0 Å². The average Bonchev–Trinajstić information content (AvgIpc) is 2.37. The van der Waals surface area contributed by atoms with Gasteiger partial charge in [0, 0.05) is 5.39 Å². The number of nitrogens with zero attached hydrogens (tertiary/aromatic N) is 1. The lowest BCUT2D eigenvalue weighted by molar-refractivity contribution is -0.117. The molecule has 92 valence electrons. The molecule has 0 saturated heterocycles. The molecule has 2 N–H and O–H groups in total. The van der Waals surface area contributed by atoms with E-state index < -0.39 is 0 Å². The van der Waals surface area contributed by atoms with Crippen LogP contribution in [-0.2, 0) is 4.79 Å². The van der Waals surface area contributed by atoms with Gasteiger partial charge in [0.25, 0.3) is 0 Å². The molecular formula is C14H15N3O. The van der Waals surface area contributed by atoms with Gasteiger partial charge in [-0.15, -0.1) is 0 Å². The van der Waals surface area contributed by atoms with Crippen LogP contribution in [0.1, 0.15) is 13.8 Å². The van der Waals surface area contributed by atoms with Gasteiger partial charge in [-0.3, -0.25) is 9.78 Å². The number of fused-ring (bicyclic) bond motifs is 3. The first-order valence-corrected chi connectivity index (χ1v) is 6.12. The van der Waals surface area contributed by atoms with E-state index in [1.165, 1.54) is 0 Å². The summed E-state index contributed by atoms with van der Waals surface area (Å²) in [6.07, 6.45) is 1.71. The smallest absolute Gasteiger partial charge is 0.247 e. The maximum absolute atomic E-state index is 11.9. The molecule has 0 radical (unpaired) electrons. The van der Waals surface area contributed by atoms with Crippen LogP contribution in [0.4, 0.5) is 11.4 Å². The molecule has 1 atom stereocenters. The van der Waals surface area contributed by atoms with E-state index in [1.807, 2.05) is 38.1 Å². The molecule has 3 rings (SSSR count). The van der Waals surface area contributed by atoms with Crippen LogP contribution < -0.4 is 10.6 Å². The van der Waals surface area contributed by atoms with E-state index in [2.05, 4.69) is 15.6 Å². The van der Waals surface area contributed by atoms with Crippen LogP contribution in [0.25, 0.3) is 10.9 Å². The van der Waals surface area contributed by atoms with Crippen molar-refractivity contribution in [2.24, 2.45) is 5.92 Å². The van der Waals surface area contributed by atoms with Crippen molar-refractivity contribution >= 4 is 28.2 Å². The zero-order chi connectivity index (χ0) is 12.7. The first-order valence-electron chi connectivity index (χ1n) is 6.12. The van der Waals surface area contributed by atoms with Crippen molar-refractivity contribution in [3.8, 4) is 0 Å². The van der Waals surface area contributed by atoms with E-state index in [0.717, 1.165) is 22.3 Å². The lowest BCUT2D eigenvalue weighted by Crippen LogP contribution is -2.42. The molecule has 4 heteroatoms. The molecular weight excluding hydrogens is 226 g/mol. The van der Waals surface area contributed by atoms with Gasteiger partial charge in [-0.05, 0) is 12.0 Å². The molecule has 0 saturated carbocycles. The number of hydrogen-bond acceptors (Lipinski definition) is 3. The summed E-state index contributed by atoms with van der Waals surface area (Å²) in [6.45, 7) is 4.07. The highest BCUT2D eigenvalue weighted by atomic mass is 16.2. The van der Waals surface area contributed by atoms with Crippen LogP contribution in [-0.4, -0.2) is 16.9 Å². The third-order valence-electron chi connectivity index (χ3n) is 3.28. The lowest BCUT2D eigenvalue weighted by Gasteiger charge is -2.29. The van der Waals surface area contributed by atoms with Gasteiger partial charge in [-0.1, -0.05) is 32.0 Å². The van der Waals surface area contributed by atoms with Crippen molar-refractivity contribution in [2.45, 2.75) is 19.9 Å². The third kappa shape index (κ3) is 1.61. The molecule has 1 unspecified atom stereocenters. The van der Waals surface area contributed by atoms with E-state index >= 15 is 0 Å². The van der Waals surface area contributed by atoms with Gasteiger partial charge in [-0.25, -0.2) is 0 Å². The summed E-state index contributed by atoms with van der Waals surface area (Å²) in [5, 5.41) is 7.30. The van der Waals surface area contributed by atoms with Gasteiger partial charge in [-0.2, -0.15) is 0 Å². The fraction of sp³-hybridized carbons (Fsp3) is 0.286. The van der Waals surface area contributed by atoms with Gasteiger partial charge in [0.2, 0.25) is 5.91 Å². The number of aromatic nitrogens is 1. The number of hydrogen-bond donors (Lipinski definition) is 2. The molecule has 2 heterocycles. The largest absolute Gasteiger partial charge is 0.371 e. The highest BCUT2D eigenvalue weighted by molar-refractivity contribution is 6.09. The molecule has 1 aromatic heterocycles. The number of carbonyl (C=O) groups excluding carboxylic acids is 1. The maximum atomic E-state index is 11.9. The number of benzene rings is 1. The minimum Gasteiger partial charge on any atom is -0.371 e. The number of pyridine rings is 1. The molecule has 0 fully saturated rings. The van der Waals surface area contributed by atoms with Crippen LogP contribution in [0.15, 0.2) is 30.5 Å². The van der Waals surface area contributed by atoms with Crippen molar-refractivity contribution in [3.63, 3.8) is 0 Å². The summed E-state index contributed by atoms with van der Waals surface area (Å²) < 4.78 is 0. The molecule has 0 aliphatic carbocycles. The molecule has 18 heavy (non-hydrogen) atoms. The predicted molar refractivity (Wildman–Crippen MR) is 72.6 cm³/mol. The summed E-state index contributed by atoms with van der Waals surface area (Å²) in [7, 11) is 0. The van der Waals surface area contributed by atoms with Crippen molar-refractivity contribution < 1.29 is 4.79 Å². The molecule has 4 nitrogen and oxygen atoms in total. The summed E-state index contributed by atoms with van der Waals surface area (Å²) in [5.41, 5.74) is 2.66. The second-order valence-corrected chi connectivity index (χ2v) is 4.92. The molecule has 1 aromatic carbocycles. The average molecular weight is 241 g/mol. The number of para-hydroxylation sites is 1. The Morgan fingerprint density at radius 3 is 2.83 bits per heavy atom. The fourth-order valence-electron chi connectivity index (χ4n) is 2.29. The highest BCUT2D eigenvalue weighted by Gasteiger charge is 2.29. The summed E-state index contributed by atoms with van der Waals surface area (Å²) in [6, 6.07) is 7.74. The Bertz CT molecular complexity index is 621. The number of rotatable bonds is 1. The van der Waals surface area contributed by atoms with Crippen LogP contribution in [0.3, 0.4) is 0 Å². The molecule has 0 bridgehead atoms. The number of anilines is 2. The Morgan fingerprint density at radius 1 is 1.28 bits per heavy atom. The van der Waals surface area contributed by atoms with Crippen LogP contribution in [0.5, 0.6) is 0 Å². The van der Waals surface area contributed by atoms with Crippen molar-refractivity contribution in [3.05, 3.63) is 30.5 Å². The topological polar surface area (TPSA) is 54.0 Å². The first kappa shape index (κ1) is 11.0. The van der Waals surface area contributed by atoms with E-state index in [4.69, 9.17) is 0 Å². The van der Waals surface area contributed by atoms with E-state index in [9.17, 15) is 4.79 Å². The summed E-state index contributed by atoms with van der Waals surface area (Å²) in [5.74, 6) is 0.250. The predicted octanol–water partition coefficient (Wildman–Crippen LogP) is 2.62. The van der Waals surface area contributed by atoms with Gasteiger partial charge in [0.15, 0.2) is 0 Å². The Hall–Kier alpha value is -2.10. The minimum absolute atomic E-state index is 0.00887. The molecule has 2 aromatic rings. The fourth-order valence-corrected chi connectivity index (χ4v) is 2.29. The molecule has 0 spiro atoms. The van der Waals surface area contributed by atoms with E-state index in [1.54, 1.807) is 6.20 Å². The Labute approximate surface area is 105 Å². The third-order valence-corrected chi connectivity index (χ3v) is 3.28. The van der Waals surface area contributed by atoms with Gasteiger partial charge < -0.3 is 10.6 Å². The molecule has 1 amide bonds. The SMILES string of the molecule is CC(C)C1Nc2c(cnc3ccccc23)NC1=O. The van der Waals surface area contributed by atoms with Crippen molar-refractivity contribution in [1.82, 2.24) is 4.98 Å². The lowest BCUT2D eigenvalue weighted by atomic mass is 9.99. The quantitative estimate of drug-likeness (QED) is 0.807. The van der Waals surface area contributed by atoms with Gasteiger partial charge >= 0.3 is 0 Å². The maximum Gasteiger partial charge on any atom is 0.247 e. The Morgan fingerprint density at radius 2 is 2.06 bits per heavy atom.